The number of carbonyl (C=O) groups excluding carboxylic acids is 1. The lowest BCUT2D eigenvalue weighted by molar-refractivity contribution is -0.141. The van der Waals surface area contributed by atoms with Gasteiger partial charge in [-0.25, -0.2) is 4.79 Å². The van der Waals surface area contributed by atoms with Crippen LogP contribution in [0.15, 0.2) is 0 Å². The van der Waals surface area contributed by atoms with Crippen molar-refractivity contribution in [1.82, 2.24) is 5.32 Å². The van der Waals surface area contributed by atoms with Crippen LogP contribution in [-0.4, -0.2) is 35.0 Å². The number of rotatable bonds is 10. The summed E-state index contributed by atoms with van der Waals surface area (Å²) in [6.45, 7) is 2.11. The Labute approximate surface area is 108 Å². The first-order valence-corrected chi connectivity index (χ1v) is 7.52. The highest BCUT2D eigenvalue weighted by molar-refractivity contribution is 7.98. The summed E-state index contributed by atoms with van der Waals surface area (Å²) < 4.78 is 0. The molecule has 0 saturated heterocycles. The molecule has 5 heteroatoms. The average Bonchev–Trinajstić information content (AvgIpc) is 2.29. The number of nitrogens with one attached hydrogen (secondary N) is 1. The third kappa shape index (κ3) is 9.03. The van der Waals surface area contributed by atoms with Crippen LogP contribution in [0.1, 0.15) is 45.4 Å². The fourth-order valence-corrected chi connectivity index (χ4v) is 1.94. The maximum absolute atomic E-state index is 11.5. The molecule has 17 heavy (non-hydrogen) atoms. The molecule has 100 valence electrons. The lowest BCUT2D eigenvalue weighted by atomic mass is 10.1. The number of carboxylic acids is 1. The first-order valence-electron chi connectivity index (χ1n) is 6.13. The Kier molecular flexibility index (Phi) is 10.0. The molecule has 0 radical (unpaired) electrons. The van der Waals surface area contributed by atoms with Crippen LogP contribution in [0.2, 0.25) is 0 Å². The molecular formula is C12H23NO3S. The van der Waals surface area contributed by atoms with Crippen LogP contribution in [0.4, 0.5) is 0 Å². The van der Waals surface area contributed by atoms with Crippen molar-refractivity contribution in [2.75, 3.05) is 12.0 Å². The maximum Gasteiger partial charge on any atom is 0.326 e. The monoisotopic (exact) mass is 261 g/mol. The second-order valence-corrected chi connectivity index (χ2v) is 5.04. The van der Waals surface area contributed by atoms with E-state index in [-0.39, 0.29) is 5.91 Å². The second kappa shape index (κ2) is 10.4. The van der Waals surface area contributed by atoms with Gasteiger partial charge in [-0.1, -0.05) is 26.2 Å². The molecule has 0 spiro atoms. The SMILES string of the molecule is CCCCCCC(=O)N[C@H](CCSC)C(=O)O. The number of amides is 1. The minimum atomic E-state index is -0.944. The van der Waals surface area contributed by atoms with Gasteiger partial charge in [0.15, 0.2) is 0 Å². The van der Waals surface area contributed by atoms with Crippen molar-refractivity contribution >= 4 is 23.6 Å². The van der Waals surface area contributed by atoms with Crippen LogP contribution < -0.4 is 5.32 Å². The van der Waals surface area contributed by atoms with Gasteiger partial charge in [-0.05, 0) is 24.9 Å². The molecule has 1 atom stereocenters. The third-order valence-corrected chi connectivity index (χ3v) is 3.15. The van der Waals surface area contributed by atoms with E-state index in [0.29, 0.717) is 12.8 Å². The highest BCUT2D eigenvalue weighted by Crippen LogP contribution is 2.04. The molecule has 0 heterocycles. The van der Waals surface area contributed by atoms with Gasteiger partial charge in [0.1, 0.15) is 6.04 Å². The molecule has 0 rings (SSSR count). The Morgan fingerprint density at radius 3 is 2.53 bits per heavy atom. The minimum Gasteiger partial charge on any atom is -0.480 e. The van der Waals surface area contributed by atoms with Gasteiger partial charge < -0.3 is 10.4 Å². The van der Waals surface area contributed by atoms with E-state index in [4.69, 9.17) is 5.11 Å². The van der Waals surface area contributed by atoms with Crippen LogP contribution in [0.3, 0.4) is 0 Å². The van der Waals surface area contributed by atoms with E-state index >= 15 is 0 Å². The fourth-order valence-electron chi connectivity index (χ4n) is 1.47. The zero-order valence-corrected chi connectivity index (χ0v) is 11.5. The van der Waals surface area contributed by atoms with E-state index in [1.807, 2.05) is 6.26 Å². The first-order chi connectivity index (χ1) is 8.11. The molecule has 0 unspecified atom stereocenters. The van der Waals surface area contributed by atoms with Gasteiger partial charge in [-0.3, -0.25) is 4.79 Å². The summed E-state index contributed by atoms with van der Waals surface area (Å²) in [4.78, 5) is 22.4. The summed E-state index contributed by atoms with van der Waals surface area (Å²) in [6, 6.07) is -0.735. The molecule has 0 aliphatic carbocycles. The summed E-state index contributed by atoms with van der Waals surface area (Å²) >= 11 is 1.58. The molecule has 0 fully saturated rings. The summed E-state index contributed by atoms with van der Waals surface area (Å²) in [7, 11) is 0. The van der Waals surface area contributed by atoms with Crippen LogP contribution in [0, 0.1) is 0 Å². The lowest BCUT2D eigenvalue weighted by Crippen LogP contribution is -2.41. The minimum absolute atomic E-state index is 0.144. The van der Waals surface area contributed by atoms with E-state index in [9.17, 15) is 9.59 Å². The summed E-state index contributed by atoms with van der Waals surface area (Å²) in [5, 5.41) is 11.5. The standard InChI is InChI=1S/C12H23NO3S/c1-3-4-5-6-7-11(14)13-10(12(15)16)8-9-17-2/h10H,3-9H2,1-2H3,(H,13,14)(H,15,16)/t10-/m1/s1. The van der Waals surface area contributed by atoms with Crippen molar-refractivity contribution in [3.8, 4) is 0 Å². The normalized spacial score (nSPS) is 12.1. The van der Waals surface area contributed by atoms with Gasteiger partial charge in [-0.15, -0.1) is 0 Å². The predicted octanol–water partition coefficient (Wildman–Crippen LogP) is 2.28. The number of unbranched alkanes of at least 4 members (excludes halogenated alkanes) is 3. The highest BCUT2D eigenvalue weighted by atomic mass is 32.2. The average molecular weight is 261 g/mol. The number of hydrogen-bond acceptors (Lipinski definition) is 3. The van der Waals surface area contributed by atoms with E-state index in [2.05, 4.69) is 12.2 Å². The van der Waals surface area contributed by atoms with Gasteiger partial charge >= 0.3 is 5.97 Å². The van der Waals surface area contributed by atoms with Crippen molar-refractivity contribution in [3.63, 3.8) is 0 Å². The largest absolute Gasteiger partial charge is 0.480 e. The van der Waals surface area contributed by atoms with Crippen molar-refractivity contribution in [2.45, 2.75) is 51.5 Å². The van der Waals surface area contributed by atoms with Crippen LogP contribution in [0.25, 0.3) is 0 Å². The third-order valence-electron chi connectivity index (χ3n) is 2.50. The van der Waals surface area contributed by atoms with Gasteiger partial charge in [-0.2, -0.15) is 11.8 Å². The molecule has 2 N–H and O–H groups in total. The van der Waals surface area contributed by atoms with Crippen LogP contribution in [0.5, 0.6) is 0 Å². The van der Waals surface area contributed by atoms with E-state index in [1.54, 1.807) is 11.8 Å². The molecule has 0 saturated carbocycles. The summed E-state index contributed by atoms with van der Waals surface area (Å²) in [6.07, 6.45) is 6.97. The Balaban J connectivity index is 3.83. The molecule has 0 aromatic rings. The molecule has 1 amide bonds. The maximum atomic E-state index is 11.5. The van der Waals surface area contributed by atoms with Crippen molar-refractivity contribution in [2.24, 2.45) is 0 Å². The van der Waals surface area contributed by atoms with Gasteiger partial charge in [0.05, 0.1) is 0 Å². The molecule has 0 aromatic heterocycles. The Morgan fingerprint density at radius 1 is 1.29 bits per heavy atom. The number of aliphatic carboxylic acids is 1. The number of carbonyl (C=O) groups is 2. The second-order valence-electron chi connectivity index (χ2n) is 4.05. The highest BCUT2D eigenvalue weighted by Gasteiger charge is 2.18. The Bertz CT molecular complexity index is 234. The lowest BCUT2D eigenvalue weighted by Gasteiger charge is -2.13. The smallest absolute Gasteiger partial charge is 0.326 e. The Morgan fingerprint density at radius 2 is 2.00 bits per heavy atom. The molecule has 0 aromatic carbocycles. The van der Waals surface area contributed by atoms with Crippen LogP contribution >= 0.6 is 11.8 Å². The molecule has 0 bridgehead atoms. The van der Waals surface area contributed by atoms with Crippen molar-refractivity contribution in [1.29, 1.82) is 0 Å². The van der Waals surface area contributed by atoms with E-state index in [1.165, 1.54) is 0 Å². The van der Waals surface area contributed by atoms with Crippen molar-refractivity contribution < 1.29 is 14.7 Å². The molecule has 0 aliphatic heterocycles. The first kappa shape index (κ1) is 16.3. The quantitative estimate of drug-likeness (QED) is 0.592. The molecular weight excluding hydrogens is 238 g/mol. The van der Waals surface area contributed by atoms with Crippen molar-refractivity contribution in [3.05, 3.63) is 0 Å². The zero-order valence-electron chi connectivity index (χ0n) is 10.7. The topological polar surface area (TPSA) is 66.4 Å². The zero-order chi connectivity index (χ0) is 13.1. The van der Waals surface area contributed by atoms with Crippen LogP contribution in [-0.2, 0) is 9.59 Å². The number of carboxylic acid groups (broad SMARTS) is 1. The van der Waals surface area contributed by atoms with Gasteiger partial charge in [0.25, 0.3) is 0 Å². The van der Waals surface area contributed by atoms with Gasteiger partial charge in [0, 0.05) is 6.42 Å². The predicted molar refractivity (Wildman–Crippen MR) is 71.3 cm³/mol. The van der Waals surface area contributed by atoms with E-state index < -0.39 is 12.0 Å². The Hall–Kier alpha value is -0.710. The number of hydrogen-bond donors (Lipinski definition) is 2. The summed E-state index contributed by atoms with van der Waals surface area (Å²) in [5.74, 6) is -0.344. The van der Waals surface area contributed by atoms with Gasteiger partial charge in [0.2, 0.25) is 5.91 Å². The molecule has 0 aliphatic rings. The molecule has 4 nitrogen and oxygen atoms in total. The summed E-state index contributed by atoms with van der Waals surface area (Å²) in [5.41, 5.74) is 0. The van der Waals surface area contributed by atoms with E-state index in [0.717, 1.165) is 31.4 Å². The fraction of sp³-hybridized carbons (Fsp3) is 0.833. The number of thioether (sulfide) groups is 1.